The van der Waals surface area contributed by atoms with E-state index in [1.807, 2.05) is 17.0 Å². The molecular weight excluding hydrogens is 360 g/mol. The molecular formula is C24H32N4O. The molecule has 5 heteroatoms. The predicted octanol–water partition coefficient (Wildman–Crippen LogP) is 3.63. The molecule has 5 nitrogen and oxygen atoms in total. The van der Waals surface area contributed by atoms with E-state index in [-0.39, 0.29) is 5.91 Å². The molecule has 1 amide bonds. The highest BCUT2D eigenvalue weighted by atomic mass is 16.2. The molecule has 1 heterocycles. The van der Waals surface area contributed by atoms with Crippen LogP contribution < -0.4 is 10.6 Å². The van der Waals surface area contributed by atoms with Crippen molar-refractivity contribution in [3.05, 3.63) is 70.8 Å². The normalized spacial score (nSPS) is 14.3. The third kappa shape index (κ3) is 5.83. The lowest BCUT2D eigenvalue weighted by Gasteiger charge is -2.19. The van der Waals surface area contributed by atoms with Crippen molar-refractivity contribution in [1.82, 2.24) is 15.5 Å². The number of hydrogen-bond donors (Lipinski definition) is 2. The number of nitrogens with one attached hydrogen (secondary N) is 2. The first-order valence-electron chi connectivity index (χ1n) is 10.6. The van der Waals surface area contributed by atoms with Crippen LogP contribution in [0.5, 0.6) is 0 Å². The van der Waals surface area contributed by atoms with E-state index < -0.39 is 0 Å². The summed E-state index contributed by atoms with van der Waals surface area (Å²) in [4.78, 5) is 18.7. The predicted molar refractivity (Wildman–Crippen MR) is 119 cm³/mol. The summed E-state index contributed by atoms with van der Waals surface area (Å²) in [5, 5.41) is 6.79. The summed E-state index contributed by atoms with van der Waals surface area (Å²) in [6.45, 7) is 7.95. The van der Waals surface area contributed by atoms with Gasteiger partial charge in [0.05, 0.1) is 6.54 Å². The van der Waals surface area contributed by atoms with Gasteiger partial charge in [-0.2, -0.15) is 0 Å². The highest BCUT2D eigenvalue weighted by molar-refractivity contribution is 5.80. The highest BCUT2D eigenvalue weighted by Crippen LogP contribution is 2.17. The van der Waals surface area contributed by atoms with Crippen molar-refractivity contribution in [3.8, 4) is 0 Å². The summed E-state index contributed by atoms with van der Waals surface area (Å²) in [5.74, 6) is 1.07. The summed E-state index contributed by atoms with van der Waals surface area (Å²) < 4.78 is 0. The molecule has 0 aromatic heterocycles. The molecule has 2 N–H and O–H groups in total. The minimum atomic E-state index is 0.261. The maximum absolute atomic E-state index is 12.0. The van der Waals surface area contributed by atoms with Gasteiger partial charge in [0.2, 0.25) is 5.91 Å². The summed E-state index contributed by atoms with van der Waals surface area (Å²) in [6.07, 6.45) is 2.66. The summed E-state index contributed by atoms with van der Waals surface area (Å²) >= 11 is 0. The van der Waals surface area contributed by atoms with E-state index in [2.05, 4.69) is 60.9 Å². The molecule has 0 unspecified atom stereocenters. The molecule has 0 saturated carbocycles. The summed E-state index contributed by atoms with van der Waals surface area (Å²) in [7, 11) is 0. The molecule has 0 spiro atoms. The first-order chi connectivity index (χ1) is 14.2. The monoisotopic (exact) mass is 392 g/mol. The van der Waals surface area contributed by atoms with Crippen LogP contribution in [-0.2, 0) is 30.8 Å². The van der Waals surface area contributed by atoms with Crippen molar-refractivity contribution in [2.45, 2.75) is 52.7 Å². The van der Waals surface area contributed by atoms with Gasteiger partial charge in [-0.3, -0.25) is 4.79 Å². The van der Waals surface area contributed by atoms with Gasteiger partial charge in [-0.15, -0.1) is 0 Å². The van der Waals surface area contributed by atoms with E-state index >= 15 is 0 Å². The number of nitrogens with zero attached hydrogens (tertiary/aromatic N) is 2. The third-order valence-corrected chi connectivity index (χ3v) is 5.35. The molecule has 0 aliphatic carbocycles. The van der Waals surface area contributed by atoms with Crippen molar-refractivity contribution in [1.29, 1.82) is 0 Å². The SMILES string of the molecule is CCNC(=NCc1ccccc1CC)NCc1ccccc1CN1CCCC1=O. The van der Waals surface area contributed by atoms with Crippen LogP contribution in [0, 0.1) is 0 Å². The Morgan fingerprint density at radius 3 is 2.31 bits per heavy atom. The minimum Gasteiger partial charge on any atom is -0.357 e. The zero-order valence-corrected chi connectivity index (χ0v) is 17.6. The van der Waals surface area contributed by atoms with Gasteiger partial charge in [0.25, 0.3) is 0 Å². The Hall–Kier alpha value is -2.82. The first-order valence-corrected chi connectivity index (χ1v) is 10.6. The first kappa shape index (κ1) is 20.9. The average molecular weight is 393 g/mol. The fourth-order valence-electron chi connectivity index (χ4n) is 3.70. The van der Waals surface area contributed by atoms with Gasteiger partial charge in [0, 0.05) is 32.6 Å². The quantitative estimate of drug-likeness (QED) is 0.533. The van der Waals surface area contributed by atoms with Crippen LogP contribution in [0.4, 0.5) is 0 Å². The molecule has 29 heavy (non-hydrogen) atoms. The highest BCUT2D eigenvalue weighted by Gasteiger charge is 2.20. The number of carbonyl (C=O) groups excluding carboxylic acids is 1. The van der Waals surface area contributed by atoms with Crippen LogP contribution in [0.1, 0.15) is 48.9 Å². The van der Waals surface area contributed by atoms with Gasteiger partial charge in [0.15, 0.2) is 5.96 Å². The fraction of sp³-hybridized carbons (Fsp3) is 0.417. The number of likely N-dealkylation sites (tertiary alicyclic amines) is 1. The Labute approximate surface area is 174 Å². The van der Waals surface area contributed by atoms with E-state index in [0.717, 1.165) is 31.9 Å². The van der Waals surface area contributed by atoms with Gasteiger partial charge >= 0.3 is 0 Å². The Morgan fingerprint density at radius 1 is 0.966 bits per heavy atom. The van der Waals surface area contributed by atoms with Crippen molar-refractivity contribution >= 4 is 11.9 Å². The summed E-state index contributed by atoms with van der Waals surface area (Å²) in [6, 6.07) is 16.8. The van der Waals surface area contributed by atoms with Gasteiger partial charge < -0.3 is 15.5 Å². The second-order valence-electron chi connectivity index (χ2n) is 7.36. The third-order valence-electron chi connectivity index (χ3n) is 5.35. The lowest BCUT2D eigenvalue weighted by atomic mass is 10.1. The molecule has 3 rings (SSSR count). The molecule has 1 saturated heterocycles. The molecule has 0 atom stereocenters. The van der Waals surface area contributed by atoms with Gasteiger partial charge in [0.1, 0.15) is 0 Å². The Kier molecular flexibility index (Phi) is 7.68. The molecule has 1 aliphatic rings. The van der Waals surface area contributed by atoms with Gasteiger partial charge in [-0.1, -0.05) is 55.5 Å². The van der Waals surface area contributed by atoms with Crippen molar-refractivity contribution in [2.75, 3.05) is 13.1 Å². The molecule has 154 valence electrons. The van der Waals surface area contributed by atoms with Gasteiger partial charge in [-0.05, 0) is 42.0 Å². The van der Waals surface area contributed by atoms with Crippen LogP contribution in [0.2, 0.25) is 0 Å². The number of guanidine groups is 1. The number of carbonyl (C=O) groups is 1. The maximum Gasteiger partial charge on any atom is 0.222 e. The van der Waals surface area contributed by atoms with Crippen molar-refractivity contribution in [2.24, 2.45) is 4.99 Å². The van der Waals surface area contributed by atoms with Gasteiger partial charge in [-0.25, -0.2) is 4.99 Å². The molecule has 0 radical (unpaired) electrons. The topological polar surface area (TPSA) is 56.7 Å². The molecule has 0 bridgehead atoms. The number of rotatable bonds is 8. The number of benzene rings is 2. The Bertz CT molecular complexity index is 846. The largest absolute Gasteiger partial charge is 0.357 e. The molecule has 2 aromatic rings. The zero-order valence-electron chi connectivity index (χ0n) is 17.6. The maximum atomic E-state index is 12.0. The second kappa shape index (κ2) is 10.6. The van der Waals surface area contributed by atoms with Crippen molar-refractivity contribution in [3.63, 3.8) is 0 Å². The Balaban J connectivity index is 1.66. The number of aliphatic imine (C=N–C) groups is 1. The smallest absolute Gasteiger partial charge is 0.222 e. The number of aryl methyl sites for hydroxylation is 1. The van der Waals surface area contributed by atoms with Crippen LogP contribution in [0.15, 0.2) is 53.5 Å². The fourth-order valence-corrected chi connectivity index (χ4v) is 3.70. The van der Waals surface area contributed by atoms with Crippen LogP contribution in [-0.4, -0.2) is 29.9 Å². The van der Waals surface area contributed by atoms with E-state index in [1.54, 1.807) is 0 Å². The average Bonchev–Trinajstić information content (AvgIpc) is 3.15. The molecule has 2 aromatic carbocycles. The van der Waals surface area contributed by atoms with E-state index in [1.165, 1.54) is 22.3 Å². The lowest BCUT2D eigenvalue weighted by molar-refractivity contribution is -0.128. The number of amides is 1. The van der Waals surface area contributed by atoms with E-state index in [9.17, 15) is 4.79 Å². The van der Waals surface area contributed by atoms with Crippen molar-refractivity contribution < 1.29 is 4.79 Å². The lowest BCUT2D eigenvalue weighted by Crippen LogP contribution is -2.37. The standard InChI is InChI=1S/C24H32N4O/c1-3-19-10-5-6-11-20(19)16-26-24(25-4-2)27-17-21-12-7-8-13-22(21)18-28-15-9-14-23(28)29/h5-8,10-13H,3-4,9,14-18H2,1-2H3,(H2,25,26,27). The molecule has 1 aliphatic heterocycles. The second-order valence-corrected chi connectivity index (χ2v) is 7.36. The van der Waals surface area contributed by atoms with Crippen LogP contribution >= 0.6 is 0 Å². The minimum absolute atomic E-state index is 0.261. The zero-order chi connectivity index (χ0) is 20.5. The van der Waals surface area contributed by atoms with Crippen LogP contribution in [0.25, 0.3) is 0 Å². The number of hydrogen-bond acceptors (Lipinski definition) is 2. The van der Waals surface area contributed by atoms with Crippen LogP contribution in [0.3, 0.4) is 0 Å². The molecule has 1 fully saturated rings. The Morgan fingerprint density at radius 2 is 1.66 bits per heavy atom. The van der Waals surface area contributed by atoms with E-state index in [0.29, 0.717) is 26.1 Å². The summed E-state index contributed by atoms with van der Waals surface area (Å²) in [5.41, 5.74) is 5.00. The van der Waals surface area contributed by atoms with E-state index in [4.69, 9.17) is 4.99 Å².